The minimum Gasteiger partial charge on any atom is -0.489 e. The maximum absolute atomic E-state index is 13.2. The van der Waals surface area contributed by atoms with Gasteiger partial charge in [-0.1, -0.05) is 5.92 Å². The van der Waals surface area contributed by atoms with Gasteiger partial charge in [0.05, 0.1) is 11.0 Å². The van der Waals surface area contributed by atoms with Crippen molar-refractivity contribution in [3.05, 3.63) is 28.5 Å². The van der Waals surface area contributed by atoms with Crippen LogP contribution in [0, 0.1) is 18.2 Å². The van der Waals surface area contributed by atoms with Crippen LogP contribution < -0.4 is 10.1 Å². The molecule has 1 aromatic rings. The molecule has 1 unspecified atom stereocenters. The van der Waals surface area contributed by atoms with Crippen LogP contribution in [-0.4, -0.2) is 19.2 Å². The molecule has 1 rings (SSSR count). The van der Waals surface area contributed by atoms with E-state index < -0.39 is 0 Å². The van der Waals surface area contributed by atoms with E-state index in [1.165, 1.54) is 6.07 Å². The van der Waals surface area contributed by atoms with Gasteiger partial charge in [-0.3, -0.25) is 0 Å². The second-order valence-electron chi connectivity index (χ2n) is 3.34. The van der Waals surface area contributed by atoms with E-state index in [2.05, 4.69) is 27.2 Å². The number of halogens is 2. The summed E-state index contributed by atoms with van der Waals surface area (Å²) in [5.74, 6) is 2.65. The molecule has 0 saturated heterocycles. The normalized spacial score (nSPS) is 11.9. The lowest BCUT2D eigenvalue weighted by molar-refractivity contribution is 0.218. The van der Waals surface area contributed by atoms with Crippen molar-refractivity contribution < 1.29 is 9.13 Å². The Balaban J connectivity index is 2.47. The molecule has 0 saturated carbocycles. The van der Waals surface area contributed by atoms with Crippen LogP contribution in [0.15, 0.2) is 22.7 Å². The van der Waals surface area contributed by atoms with E-state index in [9.17, 15) is 4.39 Å². The first kappa shape index (κ1) is 13.0. The Hall–Kier alpha value is -1.05. The van der Waals surface area contributed by atoms with Crippen LogP contribution in [-0.2, 0) is 0 Å². The SMILES string of the molecule is C#CCNCC(C)Oc1ccc(Br)c(F)c1. The molecule has 1 N–H and O–H groups in total. The third-order valence-corrected chi connectivity index (χ3v) is 2.53. The molecule has 0 aliphatic carbocycles. The van der Waals surface area contributed by atoms with Crippen molar-refractivity contribution in [1.82, 2.24) is 5.32 Å². The van der Waals surface area contributed by atoms with Gasteiger partial charge in [-0.2, -0.15) is 0 Å². The van der Waals surface area contributed by atoms with Crippen molar-refractivity contribution in [3.8, 4) is 18.1 Å². The van der Waals surface area contributed by atoms with Gasteiger partial charge < -0.3 is 10.1 Å². The monoisotopic (exact) mass is 285 g/mol. The van der Waals surface area contributed by atoms with Crippen LogP contribution in [0.25, 0.3) is 0 Å². The molecule has 16 heavy (non-hydrogen) atoms. The summed E-state index contributed by atoms with van der Waals surface area (Å²) in [6.07, 6.45) is 5.03. The average molecular weight is 286 g/mol. The Morgan fingerprint density at radius 2 is 2.38 bits per heavy atom. The fraction of sp³-hybridized carbons (Fsp3) is 0.333. The molecule has 0 aliphatic heterocycles. The molecule has 4 heteroatoms. The molecule has 0 bridgehead atoms. The van der Waals surface area contributed by atoms with Crippen molar-refractivity contribution in [2.24, 2.45) is 0 Å². The van der Waals surface area contributed by atoms with Gasteiger partial charge >= 0.3 is 0 Å². The molecule has 0 aromatic heterocycles. The highest BCUT2D eigenvalue weighted by molar-refractivity contribution is 9.10. The Morgan fingerprint density at radius 1 is 1.62 bits per heavy atom. The predicted octanol–water partition coefficient (Wildman–Crippen LogP) is 2.58. The van der Waals surface area contributed by atoms with Gasteiger partial charge in [-0.25, -0.2) is 4.39 Å². The van der Waals surface area contributed by atoms with Crippen molar-refractivity contribution in [3.63, 3.8) is 0 Å². The molecule has 0 aliphatic rings. The Morgan fingerprint density at radius 3 is 3.00 bits per heavy atom. The van der Waals surface area contributed by atoms with Crippen LogP contribution in [0.3, 0.4) is 0 Å². The van der Waals surface area contributed by atoms with E-state index in [4.69, 9.17) is 11.2 Å². The minimum atomic E-state index is -0.332. The van der Waals surface area contributed by atoms with Gasteiger partial charge in [0.2, 0.25) is 0 Å². The van der Waals surface area contributed by atoms with Crippen molar-refractivity contribution in [2.75, 3.05) is 13.1 Å². The van der Waals surface area contributed by atoms with E-state index in [1.807, 2.05) is 6.92 Å². The van der Waals surface area contributed by atoms with Crippen LogP contribution in [0.2, 0.25) is 0 Å². The summed E-state index contributed by atoms with van der Waals surface area (Å²) in [6.45, 7) is 3.02. The minimum absolute atomic E-state index is 0.0612. The molecule has 0 radical (unpaired) electrons. The van der Waals surface area contributed by atoms with Gasteiger partial charge in [0.1, 0.15) is 17.7 Å². The molecule has 1 aromatic carbocycles. The van der Waals surface area contributed by atoms with Gasteiger partial charge in [-0.05, 0) is 35.0 Å². The highest BCUT2D eigenvalue weighted by Gasteiger charge is 2.05. The smallest absolute Gasteiger partial charge is 0.141 e. The van der Waals surface area contributed by atoms with Crippen LogP contribution in [0.1, 0.15) is 6.92 Å². The number of benzene rings is 1. The van der Waals surface area contributed by atoms with Crippen molar-refractivity contribution >= 4 is 15.9 Å². The highest BCUT2D eigenvalue weighted by Crippen LogP contribution is 2.21. The Labute approximate surface area is 103 Å². The first-order chi connectivity index (χ1) is 7.63. The third-order valence-electron chi connectivity index (χ3n) is 1.89. The number of hydrogen-bond acceptors (Lipinski definition) is 2. The number of hydrogen-bond donors (Lipinski definition) is 1. The number of ether oxygens (including phenoxy) is 1. The first-order valence-corrected chi connectivity index (χ1v) is 5.68. The molecule has 0 spiro atoms. The largest absolute Gasteiger partial charge is 0.489 e. The summed E-state index contributed by atoms with van der Waals surface area (Å²) in [5, 5.41) is 3.02. The molecular weight excluding hydrogens is 273 g/mol. The molecule has 0 fully saturated rings. The lowest BCUT2D eigenvalue weighted by atomic mass is 10.3. The standard InChI is InChI=1S/C12H13BrFNO/c1-3-6-15-8-9(2)16-10-4-5-11(13)12(14)7-10/h1,4-5,7,9,15H,6,8H2,2H3. The zero-order valence-corrected chi connectivity index (χ0v) is 10.6. The first-order valence-electron chi connectivity index (χ1n) is 4.89. The van der Waals surface area contributed by atoms with Crippen molar-refractivity contribution in [2.45, 2.75) is 13.0 Å². The fourth-order valence-electron chi connectivity index (χ4n) is 1.17. The highest BCUT2D eigenvalue weighted by atomic mass is 79.9. The summed E-state index contributed by atoms with van der Waals surface area (Å²) in [7, 11) is 0. The van der Waals surface area contributed by atoms with Gasteiger partial charge in [0.25, 0.3) is 0 Å². The number of terminal acetylenes is 1. The van der Waals surface area contributed by atoms with Gasteiger partial charge in [0, 0.05) is 12.6 Å². The third kappa shape index (κ3) is 4.21. The number of nitrogens with one attached hydrogen (secondary N) is 1. The molecule has 0 heterocycles. The fourth-order valence-corrected chi connectivity index (χ4v) is 1.42. The van der Waals surface area contributed by atoms with E-state index in [1.54, 1.807) is 12.1 Å². The zero-order valence-electron chi connectivity index (χ0n) is 8.97. The van der Waals surface area contributed by atoms with E-state index in [0.717, 1.165) is 0 Å². The van der Waals surface area contributed by atoms with Crippen molar-refractivity contribution in [1.29, 1.82) is 0 Å². The molecule has 86 valence electrons. The summed E-state index contributed by atoms with van der Waals surface area (Å²) >= 11 is 3.08. The predicted molar refractivity (Wildman–Crippen MR) is 65.9 cm³/mol. The van der Waals surface area contributed by atoms with Gasteiger partial charge in [0.15, 0.2) is 0 Å². The Bertz CT molecular complexity index is 389. The van der Waals surface area contributed by atoms with Crippen LogP contribution in [0.4, 0.5) is 4.39 Å². The zero-order chi connectivity index (χ0) is 12.0. The second kappa shape index (κ2) is 6.51. The summed E-state index contributed by atoms with van der Waals surface area (Å²) in [5.41, 5.74) is 0. The molecular formula is C12H13BrFNO. The maximum atomic E-state index is 13.2. The second-order valence-corrected chi connectivity index (χ2v) is 4.19. The lowest BCUT2D eigenvalue weighted by Crippen LogP contribution is -2.29. The molecule has 0 amide bonds. The van der Waals surface area contributed by atoms with E-state index >= 15 is 0 Å². The van der Waals surface area contributed by atoms with E-state index in [-0.39, 0.29) is 11.9 Å². The number of rotatable bonds is 5. The summed E-state index contributed by atoms with van der Waals surface area (Å²) in [4.78, 5) is 0. The molecule has 2 nitrogen and oxygen atoms in total. The topological polar surface area (TPSA) is 21.3 Å². The summed E-state index contributed by atoms with van der Waals surface area (Å²) in [6, 6.07) is 4.68. The van der Waals surface area contributed by atoms with Crippen LogP contribution in [0.5, 0.6) is 5.75 Å². The maximum Gasteiger partial charge on any atom is 0.141 e. The van der Waals surface area contributed by atoms with Crippen LogP contribution >= 0.6 is 15.9 Å². The quantitative estimate of drug-likeness (QED) is 0.663. The summed E-state index contributed by atoms with van der Waals surface area (Å²) < 4.78 is 19.1. The van der Waals surface area contributed by atoms with Gasteiger partial charge in [-0.15, -0.1) is 6.42 Å². The van der Waals surface area contributed by atoms with E-state index in [0.29, 0.717) is 23.3 Å². The Kier molecular flexibility index (Phi) is 5.30. The lowest BCUT2D eigenvalue weighted by Gasteiger charge is -2.14. The average Bonchev–Trinajstić information content (AvgIpc) is 2.24. The molecule has 1 atom stereocenters.